The van der Waals surface area contributed by atoms with Gasteiger partial charge in [-0.3, -0.25) is 14.6 Å². The van der Waals surface area contributed by atoms with E-state index in [-0.39, 0.29) is 36.3 Å². The second-order valence-electron chi connectivity index (χ2n) is 9.59. The third kappa shape index (κ3) is 7.06. The maximum atomic E-state index is 13.3. The van der Waals surface area contributed by atoms with Gasteiger partial charge in [-0.15, -0.1) is 0 Å². The standard InChI is InChI=1S/C31H29ClF3N5O3/c1-5-20(15-38-19(3)41)28(36-4)22-14-18(2)39-29-21(22)8-6-10-27(29)43-17-23-25(32)11-12-37-26(23)16-40-13-7-9-24(30(40)42)31(33,34)35/h5-14,36H,1,15-17H2,2-4H3,(H,38,41)/b28-20+. The van der Waals surface area contributed by atoms with Gasteiger partial charge in [0, 0.05) is 60.8 Å². The summed E-state index contributed by atoms with van der Waals surface area (Å²) < 4.78 is 47.0. The highest BCUT2D eigenvalue weighted by Gasteiger charge is 2.34. The van der Waals surface area contributed by atoms with Crippen molar-refractivity contribution < 1.29 is 22.7 Å². The highest BCUT2D eigenvalue weighted by Crippen LogP contribution is 2.32. The highest BCUT2D eigenvalue weighted by molar-refractivity contribution is 6.31. The van der Waals surface area contributed by atoms with E-state index in [1.807, 2.05) is 19.1 Å². The average molecular weight is 612 g/mol. The lowest BCUT2D eigenvalue weighted by molar-refractivity contribution is -0.139. The van der Waals surface area contributed by atoms with Gasteiger partial charge in [-0.25, -0.2) is 4.98 Å². The van der Waals surface area contributed by atoms with Crippen LogP contribution in [0.3, 0.4) is 0 Å². The van der Waals surface area contributed by atoms with Gasteiger partial charge in [-0.05, 0) is 42.8 Å². The molecule has 8 nitrogen and oxygen atoms in total. The van der Waals surface area contributed by atoms with Crippen LogP contribution in [0.15, 0.2) is 77.9 Å². The second kappa shape index (κ2) is 13.1. The molecule has 0 atom stereocenters. The molecule has 224 valence electrons. The molecule has 0 saturated carbocycles. The number of para-hydroxylation sites is 1. The Morgan fingerprint density at radius 1 is 1.21 bits per heavy atom. The van der Waals surface area contributed by atoms with Crippen molar-refractivity contribution in [3.8, 4) is 5.75 Å². The molecule has 1 aromatic carbocycles. The Hall–Kier alpha value is -4.64. The molecule has 0 saturated heterocycles. The van der Waals surface area contributed by atoms with Crippen molar-refractivity contribution in [2.24, 2.45) is 0 Å². The monoisotopic (exact) mass is 611 g/mol. The molecule has 3 heterocycles. The number of alkyl halides is 3. The number of rotatable bonds is 10. The Labute approximate surface area is 250 Å². The summed E-state index contributed by atoms with van der Waals surface area (Å²) in [6, 6.07) is 10.8. The van der Waals surface area contributed by atoms with Gasteiger partial charge in [0.15, 0.2) is 0 Å². The Bertz CT molecular complexity index is 1780. The normalized spacial score (nSPS) is 12.1. The lowest BCUT2D eigenvalue weighted by Crippen LogP contribution is -2.28. The van der Waals surface area contributed by atoms with Crippen LogP contribution in [-0.4, -0.2) is 34.0 Å². The molecule has 2 N–H and O–H groups in total. The number of fused-ring (bicyclic) bond motifs is 1. The van der Waals surface area contributed by atoms with E-state index in [9.17, 15) is 22.8 Å². The molecular formula is C31H29ClF3N5O3. The molecule has 4 rings (SSSR count). The summed E-state index contributed by atoms with van der Waals surface area (Å²) in [6.45, 7) is 7.12. The molecule has 0 fully saturated rings. The van der Waals surface area contributed by atoms with Crippen LogP contribution in [0.25, 0.3) is 16.6 Å². The van der Waals surface area contributed by atoms with E-state index in [0.717, 1.165) is 38.9 Å². The van der Waals surface area contributed by atoms with E-state index in [0.29, 0.717) is 22.5 Å². The number of ether oxygens (including phenoxy) is 1. The van der Waals surface area contributed by atoms with Crippen molar-refractivity contribution in [2.75, 3.05) is 13.6 Å². The predicted octanol–water partition coefficient (Wildman–Crippen LogP) is 5.65. The number of amides is 1. The number of carbonyl (C=O) groups is 1. The number of hydrogen-bond acceptors (Lipinski definition) is 6. The minimum atomic E-state index is -4.79. The van der Waals surface area contributed by atoms with Crippen molar-refractivity contribution in [1.82, 2.24) is 25.2 Å². The van der Waals surface area contributed by atoms with Gasteiger partial charge in [0.25, 0.3) is 5.56 Å². The Morgan fingerprint density at radius 2 is 1.98 bits per heavy atom. The minimum Gasteiger partial charge on any atom is -0.486 e. The number of aromatic nitrogens is 3. The molecule has 4 aromatic rings. The summed E-state index contributed by atoms with van der Waals surface area (Å²) in [5.74, 6) is 0.259. The van der Waals surface area contributed by atoms with Gasteiger partial charge in [0.05, 0.1) is 17.3 Å². The molecule has 12 heteroatoms. The number of pyridine rings is 3. The Kier molecular flexibility index (Phi) is 9.55. The third-order valence-electron chi connectivity index (χ3n) is 6.65. The zero-order valence-corrected chi connectivity index (χ0v) is 24.4. The quantitative estimate of drug-likeness (QED) is 0.225. The molecule has 3 aromatic heterocycles. The van der Waals surface area contributed by atoms with Gasteiger partial charge in [0.1, 0.15) is 23.4 Å². The number of halogens is 4. The molecule has 0 radical (unpaired) electrons. The van der Waals surface area contributed by atoms with Gasteiger partial charge in [-0.2, -0.15) is 13.2 Å². The van der Waals surface area contributed by atoms with Crippen LogP contribution in [-0.2, 0) is 24.1 Å². The highest BCUT2D eigenvalue weighted by atomic mass is 35.5. The zero-order chi connectivity index (χ0) is 31.3. The maximum Gasteiger partial charge on any atom is 0.421 e. The number of hydrogen-bond donors (Lipinski definition) is 2. The van der Waals surface area contributed by atoms with Crippen molar-refractivity contribution >= 4 is 34.1 Å². The van der Waals surface area contributed by atoms with Crippen LogP contribution in [0.2, 0.25) is 5.02 Å². The van der Waals surface area contributed by atoms with Crippen LogP contribution in [0.1, 0.15) is 35.0 Å². The van der Waals surface area contributed by atoms with Crippen molar-refractivity contribution in [3.63, 3.8) is 0 Å². The topological polar surface area (TPSA) is 98.1 Å². The first-order valence-corrected chi connectivity index (χ1v) is 13.5. The fourth-order valence-electron chi connectivity index (χ4n) is 4.61. The third-order valence-corrected chi connectivity index (χ3v) is 7.00. The summed E-state index contributed by atoms with van der Waals surface area (Å²) in [7, 11) is 1.77. The van der Waals surface area contributed by atoms with Crippen molar-refractivity contribution in [3.05, 3.63) is 117 Å². The van der Waals surface area contributed by atoms with Crippen LogP contribution in [0, 0.1) is 6.92 Å². The van der Waals surface area contributed by atoms with Gasteiger partial charge in [0.2, 0.25) is 5.91 Å². The van der Waals surface area contributed by atoms with E-state index in [1.54, 1.807) is 25.3 Å². The number of nitrogens with zero attached hydrogens (tertiary/aromatic N) is 3. The molecule has 0 aliphatic carbocycles. The molecule has 1 amide bonds. The van der Waals surface area contributed by atoms with Crippen molar-refractivity contribution in [2.45, 2.75) is 33.2 Å². The van der Waals surface area contributed by atoms with E-state index in [1.165, 1.54) is 25.4 Å². The molecule has 0 aliphatic heterocycles. The summed E-state index contributed by atoms with van der Waals surface area (Å²) in [6.07, 6.45) is -0.436. The fourth-order valence-corrected chi connectivity index (χ4v) is 4.83. The lowest BCUT2D eigenvalue weighted by atomic mass is 10.0. The van der Waals surface area contributed by atoms with Gasteiger partial charge < -0.3 is 19.9 Å². The minimum absolute atomic E-state index is 0.0883. The molecule has 0 aliphatic rings. The molecular weight excluding hydrogens is 583 g/mol. The molecule has 43 heavy (non-hydrogen) atoms. The Balaban J connectivity index is 1.72. The SMILES string of the molecule is C=C/C(CNC(C)=O)=C(\NC)c1cc(C)nc2c(OCc3c(Cl)ccnc3Cn3cccc(C(F)(F)F)c3=O)cccc12. The maximum absolute atomic E-state index is 13.3. The van der Waals surface area contributed by atoms with Crippen LogP contribution >= 0.6 is 11.6 Å². The van der Waals surface area contributed by atoms with E-state index in [4.69, 9.17) is 21.3 Å². The molecule has 0 bridgehead atoms. The first kappa shape index (κ1) is 31.3. The second-order valence-corrected chi connectivity index (χ2v) is 9.99. The lowest BCUT2D eigenvalue weighted by Gasteiger charge is -2.18. The van der Waals surface area contributed by atoms with E-state index in [2.05, 4.69) is 22.2 Å². The fraction of sp³-hybridized carbons (Fsp3) is 0.226. The number of aryl methyl sites for hydroxylation is 1. The Morgan fingerprint density at radius 3 is 2.65 bits per heavy atom. The van der Waals surface area contributed by atoms with Crippen LogP contribution < -0.4 is 20.9 Å². The van der Waals surface area contributed by atoms with Crippen LogP contribution in [0.5, 0.6) is 5.75 Å². The summed E-state index contributed by atoms with van der Waals surface area (Å²) >= 11 is 6.48. The first-order chi connectivity index (χ1) is 20.4. The predicted molar refractivity (Wildman–Crippen MR) is 160 cm³/mol. The molecule has 0 unspecified atom stereocenters. The number of nitrogens with one attached hydrogen (secondary N) is 2. The van der Waals surface area contributed by atoms with E-state index < -0.39 is 17.3 Å². The zero-order valence-electron chi connectivity index (χ0n) is 23.7. The smallest absolute Gasteiger partial charge is 0.421 e. The summed E-state index contributed by atoms with van der Waals surface area (Å²) in [5, 5.41) is 7.05. The van der Waals surface area contributed by atoms with Crippen LogP contribution in [0.4, 0.5) is 13.2 Å². The van der Waals surface area contributed by atoms with Gasteiger partial charge >= 0.3 is 6.18 Å². The summed E-state index contributed by atoms with van der Waals surface area (Å²) in [5.41, 5.74) is 1.85. The number of carbonyl (C=O) groups excluding carboxylic acids is 1. The van der Waals surface area contributed by atoms with Gasteiger partial charge in [-0.1, -0.05) is 36.4 Å². The average Bonchev–Trinajstić information content (AvgIpc) is 2.95. The molecule has 0 spiro atoms. The summed E-state index contributed by atoms with van der Waals surface area (Å²) in [4.78, 5) is 33.1. The number of benzene rings is 1. The largest absolute Gasteiger partial charge is 0.486 e. The first-order valence-electron chi connectivity index (χ1n) is 13.1. The van der Waals surface area contributed by atoms with Crippen molar-refractivity contribution in [1.29, 1.82) is 0 Å². The van der Waals surface area contributed by atoms with E-state index >= 15 is 0 Å².